The van der Waals surface area contributed by atoms with E-state index < -0.39 is 0 Å². The minimum Gasteiger partial charge on any atom is -0.300 e. The molecule has 2 aromatic heterocycles. The average Bonchev–Trinajstić information content (AvgIpc) is 2.98. The fourth-order valence-electron chi connectivity index (χ4n) is 2.54. The van der Waals surface area contributed by atoms with Crippen molar-refractivity contribution in [3.63, 3.8) is 0 Å². The lowest BCUT2D eigenvalue weighted by Crippen LogP contribution is -1.95. The lowest BCUT2D eigenvalue weighted by atomic mass is 10.0. The minimum absolute atomic E-state index is 0.213. The highest BCUT2D eigenvalue weighted by Gasteiger charge is 2.15. The molecule has 2 heterocycles. The molecule has 0 atom stereocenters. The number of aromatic nitrogens is 2. The topological polar surface area (TPSA) is 42.9 Å². The van der Waals surface area contributed by atoms with E-state index in [1.165, 1.54) is 16.7 Å². The molecule has 0 bridgehead atoms. The second-order valence-electron chi connectivity index (χ2n) is 5.76. The number of carbonyl (C=O) groups excluding carboxylic acids is 1. The quantitative estimate of drug-likeness (QED) is 0.444. The van der Waals surface area contributed by atoms with Gasteiger partial charge in [-0.1, -0.05) is 31.2 Å². The van der Waals surface area contributed by atoms with Crippen LogP contribution in [0.3, 0.4) is 0 Å². The van der Waals surface area contributed by atoms with Crippen LogP contribution in [-0.2, 0) is 11.2 Å². The van der Waals surface area contributed by atoms with Crippen molar-refractivity contribution >= 4 is 39.1 Å². The molecule has 0 fully saturated rings. The van der Waals surface area contributed by atoms with Crippen LogP contribution >= 0.6 is 23.1 Å². The number of hydrogen-bond donors (Lipinski definition) is 0. The van der Waals surface area contributed by atoms with Gasteiger partial charge in [0.2, 0.25) is 0 Å². The smallest absolute Gasteiger partial charge is 0.130 e. The van der Waals surface area contributed by atoms with Crippen LogP contribution in [0, 0.1) is 6.92 Å². The molecule has 0 N–H and O–H groups in total. The Morgan fingerprint density at radius 2 is 1.96 bits per heavy atom. The summed E-state index contributed by atoms with van der Waals surface area (Å²) in [5.74, 6) is 1.75. The number of fused-ring (bicyclic) bond motifs is 1. The lowest BCUT2D eigenvalue weighted by molar-refractivity contribution is -0.116. The molecule has 0 spiro atoms. The molecule has 0 amide bonds. The number of carbonyl (C=O) groups is 1. The van der Waals surface area contributed by atoms with Gasteiger partial charge in [-0.25, -0.2) is 9.97 Å². The summed E-state index contributed by atoms with van der Waals surface area (Å²) >= 11 is 3.30. The number of thiophene rings is 1. The zero-order valence-corrected chi connectivity index (χ0v) is 15.8. The Balaban J connectivity index is 2.03. The Hall–Kier alpha value is -1.72. The van der Waals surface area contributed by atoms with Gasteiger partial charge in [0, 0.05) is 23.1 Å². The fourth-order valence-corrected chi connectivity index (χ4v) is 4.73. The van der Waals surface area contributed by atoms with Gasteiger partial charge in [-0.2, -0.15) is 0 Å². The van der Waals surface area contributed by atoms with Crippen molar-refractivity contribution in [2.24, 2.45) is 0 Å². The van der Waals surface area contributed by atoms with Crippen molar-refractivity contribution in [3.8, 4) is 11.1 Å². The van der Waals surface area contributed by atoms with Gasteiger partial charge < -0.3 is 0 Å². The lowest BCUT2D eigenvalue weighted by Gasteiger charge is -2.07. The Morgan fingerprint density at radius 1 is 1.21 bits per heavy atom. The Bertz CT molecular complexity index is 869. The first kappa shape index (κ1) is 17.1. The van der Waals surface area contributed by atoms with Crippen molar-refractivity contribution < 1.29 is 4.79 Å². The number of benzene rings is 1. The van der Waals surface area contributed by atoms with Gasteiger partial charge in [0.1, 0.15) is 21.5 Å². The van der Waals surface area contributed by atoms with Gasteiger partial charge in [-0.05, 0) is 31.4 Å². The van der Waals surface area contributed by atoms with Crippen LogP contribution in [0.25, 0.3) is 21.3 Å². The second-order valence-corrected chi connectivity index (χ2v) is 7.70. The van der Waals surface area contributed by atoms with E-state index in [2.05, 4.69) is 46.5 Å². The summed E-state index contributed by atoms with van der Waals surface area (Å²) in [7, 11) is 0. The molecule has 0 aliphatic rings. The van der Waals surface area contributed by atoms with Gasteiger partial charge in [0.25, 0.3) is 0 Å². The summed E-state index contributed by atoms with van der Waals surface area (Å²) in [6.45, 7) is 5.71. The number of nitrogens with zero attached hydrogens (tertiary/aromatic N) is 2. The van der Waals surface area contributed by atoms with Crippen molar-refractivity contribution in [3.05, 3.63) is 41.0 Å². The van der Waals surface area contributed by atoms with Gasteiger partial charge in [-0.15, -0.1) is 23.1 Å². The molecule has 3 nitrogen and oxygen atoms in total. The fraction of sp³-hybridized carbons (Fsp3) is 0.316. The van der Waals surface area contributed by atoms with Crippen LogP contribution in [0.2, 0.25) is 0 Å². The number of hydrogen-bond acceptors (Lipinski definition) is 5. The predicted octanol–water partition coefficient (Wildman–Crippen LogP) is 5.30. The molecule has 5 heteroatoms. The van der Waals surface area contributed by atoms with Gasteiger partial charge in [0.05, 0.1) is 5.39 Å². The third kappa shape index (κ3) is 3.68. The molecule has 3 rings (SSSR count). The first-order chi connectivity index (χ1) is 11.6. The third-order valence-electron chi connectivity index (χ3n) is 3.88. The summed E-state index contributed by atoms with van der Waals surface area (Å²) < 4.78 is 0. The summed E-state index contributed by atoms with van der Waals surface area (Å²) in [5, 5.41) is 4.26. The van der Waals surface area contributed by atoms with E-state index in [0.29, 0.717) is 6.42 Å². The van der Waals surface area contributed by atoms with Crippen molar-refractivity contribution in [1.29, 1.82) is 0 Å². The predicted molar refractivity (Wildman–Crippen MR) is 103 cm³/mol. The Morgan fingerprint density at radius 3 is 2.62 bits per heavy atom. The van der Waals surface area contributed by atoms with Crippen LogP contribution < -0.4 is 0 Å². The summed E-state index contributed by atoms with van der Waals surface area (Å²) in [6, 6.07) is 8.70. The van der Waals surface area contributed by atoms with Gasteiger partial charge in [-0.3, -0.25) is 4.79 Å². The molecule has 0 unspecified atom stereocenters. The standard InChI is InChI=1S/C19H20N2OS2/c1-4-14-5-7-15(8-6-14)16-11-24-19-17(16)18(20-13(3)21-19)23-10-9-12(2)22/h5-8,11H,4,9-10H2,1-3H3. The first-order valence-corrected chi connectivity index (χ1v) is 9.92. The minimum atomic E-state index is 0.213. The van der Waals surface area contributed by atoms with Crippen LogP contribution in [-0.4, -0.2) is 21.5 Å². The van der Waals surface area contributed by atoms with E-state index in [-0.39, 0.29) is 5.78 Å². The molecule has 3 aromatic rings. The zero-order chi connectivity index (χ0) is 17.1. The second kappa shape index (κ2) is 7.45. The normalized spacial score (nSPS) is 11.1. The molecule has 0 radical (unpaired) electrons. The van der Waals surface area contributed by atoms with E-state index in [4.69, 9.17) is 0 Å². The maximum Gasteiger partial charge on any atom is 0.130 e. The maximum atomic E-state index is 11.2. The molecule has 0 saturated heterocycles. The van der Waals surface area contributed by atoms with Crippen LogP contribution in [0.4, 0.5) is 0 Å². The Kier molecular flexibility index (Phi) is 5.31. The number of rotatable bonds is 6. The molecule has 24 heavy (non-hydrogen) atoms. The number of aryl methyl sites for hydroxylation is 2. The highest BCUT2D eigenvalue weighted by Crippen LogP contribution is 2.38. The van der Waals surface area contributed by atoms with Crippen LogP contribution in [0.5, 0.6) is 0 Å². The number of ketones is 1. The van der Waals surface area contributed by atoms with Crippen LogP contribution in [0.15, 0.2) is 34.7 Å². The SMILES string of the molecule is CCc1ccc(-c2csc3nc(C)nc(SCCC(C)=O)c23)cc1. The molecular weight excluding hydrogens is 336 g/mol. The maximum absolute atomic E-state index is 11.2. The largest absolute Gasteiger partial charge is 0.300 e. The number of Topliss-reactive ketones (excluding diaryl/α,β-unsaturated/α-hetero) is 1. The van der Waals surface area contributed by atoms with E-state index in [1.807, 2.05) is 6.92 Å². The van der Waals surface area contributed by atoms with Crippen LogP contribution in [0.1, 0.15) is 31.7 Å². The van der Waals surface area contributed by atoms with E-state index in [1.54, 1.807) is 30.0 Å². The third-order valence-corrected chi connectivity index (χ3v) is 5.73. The molecule has 1 aromatic carbocycles. The first-order valence-electron chi connectivity index (χ1n) is 8.06. The number of thioether (sulfide) groups is 1. The molecule has 0 aliphatic carbocycles. The van der Waals surface area contributed by atoms with Crippen molar-refractivity contribution in [1.82, 2.24) is 9.97 Å². The molecule has 124 valence electrons. The molecular formula is C19H20N2OS2. The summed E-state index contributed by atoms with van der Waals surface area (Å²) in [5.41, 5.74) is 3.71. The van der Waals surface area contributed by atoms with Crippen molar-refractivity contribution in [2.75, 3.05) is 5.75 Å². The van der Waals surface area contributed by atoms with E-state index in [0.717, 1.165) is 33.2 Å². The van der Waals surface area contributed by atoms with Crippen molar-refractivity contribution in [2.45, 2.75) is 38.6 Å². The zero-order valence-electron chi connectivity index (χ0n) is 14.1. The van der Waals surface area contributed by atoms with Gasteiger partial charge in [0.15, 0.2) is 0 Å². The van der Waals surface area contributed by atoms with E-state index >= 15 is 0 Å². The highest BCUT2D eigenvalue weighted by atomic mass is 32.2. The van der Waals surface area contributed by atoms with Gasteiger partial charge >= 0.3 is 0 Å². The van der Waals surface area contributed by atoms with E-state index in [9.17, 15) is 4.79 Å². The molecule has 0 saturated carbocycles. The monoisotopic (exact) mass is 356 g/mol. The Labute approximate surface area is 150 Å². The summed E-state index contributed by atoms with van der Waals surface area (Å²) in [4.78, 5) is 21.5. The summed E-state index contributed by atoms with van der Waals surface area (Å²) in [6.07, 6.45) is 1.61. The average molecular weight is 357 g/mol. The highest BCUT2D eigenvalue weighted by molar-refractivity contribution is 7.99. The molecule has 0 aliphatic heterocycles.